The van der Waals surface area contributed by atoms with Crippen LogP contribution in [0.2, 0.25) is 0 Å². The van der Waals surface area contributed by atoms with Gasteiger partial charge >= 0.3 is 0 Å². The van der Waals surface area contributed by atoms with Crippen molar-refractivity contribution >= 4 is 22.9 Å². The molecule has 0 unspecified atom stereocenters. The first-order chi connectivity index (χ1) is 6.56. The van der Waals surface area contributed by atoms with Crippen LogP contribution < -0.4 is 0 Å². The highest BCUT2D eigenvalue weighted by Gasteiger charge is 2.10. The van der Waals surface area contributed by atoms with E-state index in [4.69, 9.17) is 11.6 Å². The minimum absolute atomic E-state index is 0.121. The predicted molar refractivity (Wildman–Crippen MR) is 57.6 cm³/mol. The van der Waals surface area contributed by atoms with E-state index in [2.05, 4.69) is 6.58 Å². The molecule has 1 aromatic rings. The molecule has 0 aliphatic carbocycles. The number of nitrogens with zero attached hydrogens (tertiary/aromatic N) is 1. The van der Waals surface area contributed by atoms with Crippen molar-refractivity contribution in [3.05, 3.63) is 46.0 Å². The molecule has 4 heteroatoms. The smallest absolute Gasteiger partial charge is 0.258 e. The third kappa shape index (κ3) is 2.12. The van der Waals surface area contributed by atoms with Gasteiger partial charge in [-0.3, -0.25) is 10.1 Å². The molecule has 1 aromatic carbocycles. The molecule has 74 valence electrons. The number of allylic oxidation sites excluding steroid dienone is 1. The van der Waals surface area contributed by atoms with Gasteiger partial charge < -0.3 is 0 Å². The van der Waals surface area contributed by atoms with Crippen LogP contribution in [-0.2, 0) is 0 Å². The maximum absolute atomic E-state index is 10.5. The van der Waals surface area contributed by atoms with E-state index >= 15 is 0 Å². The van der Waals surface area contributed by atoms with Crippen LogP contribution in [0, 0.1) is 17.0 Å². The van der Waals surface area contributed by atoms with Crippen LogP contribution in [0.3, 0.4) is 0 Å². The van der Waals surface area contributed by atoms with Gasteiger partial charge in [-0.25, -0.2) is 0 Å². The lowest BCUT2D eigenvalue weighted by Crippen LogP contribution is -1.93. The van der Waals surface area contributed by atoms with Crippen LogP contribution in [0.4, 0.5) is 5.69 Å². The average molecular weight is 212 g/mol. The first-order valence-corrected chi connectivity index (χ1v) is 4.59. The number of nitro groups is 1. The van der Waals surface area contributed by atoms with Gasteiger partial charge in [0.05, 0.1) is 4.92 Å². The van der Waals surface area contributed by atoms with E-state index in [0.29, 0.717) is 11.4 Å². The first kappa shape index (κ1) is 10.7. The Hall–Kier alpha value is -1.35. The number of halogens is 1. The van der Waals surface area contributed by atoms with Crippen LogP contribution in [0.5, 0.6) is 0 Å². The third-order valence-electron chi connectivity index (χ3n) is 1.96. The number of hydrogen-bond donors (Lipinski definition) is 0. The fraction of sp³-hybridized carbons (Fsp3) is 0.200. The molecule has 0 aliphatic heterocycles. The van der Waals surface area contributed by atoms with E-state index in [1.165, 1.54) is 6.07 Å². The minimum atomic E-state index is -0.400. The van der Waals surface area contributed by atoms with Crippen molar-refractivity contribution in [2.75, 3.05) is 5.88 Å². The summed E-state index contributed by atoms with van der Waals surface area (Å²) in [6.45, 7) is 5.45. The van der Waals surface area contributed by atoms with Crippen LogP contribution in [0.1, 0.15) is 11.1 Å². The van der Waals surface area contributed by atoms with Crippen molar-refractivity contribution in [1.29, 1.82) is 0 Å². The molecule has 0 spiro atoms. The molecule has 0 radical (unpaired) electrons. The lowest BCUT2D eigenvalue weighted by Gasteiger charge is -2.03. The highest BCUT2D eigenvalue weighted by Crippen LogP contribution is 2.22. The SMILES string of the molecule is C=C(CCl)c1ccc([N+](=O)[O-])c(C)c1. The molecule has 0 aromatic heterocycles. The van der Waals surface area contributed by atoms with E-state index in [-0.39, 0.29) is 5.69 Å². The Morgan fingerprint density at radius 3 is 2.71 bits per heavy atom. The maximum Gasteiger partial charge on any atom is 0.272 e. The zero-order valence-corrected chi connectivity index (χ0v) is 8.54. The molecule has 1 rings (SSSR count). The average Bonchev–Trinajstić information content (AvgIpc) is 2.15. The number of hydrogen-bond acceptors (Lipinski definition) is 2. The van der Waals surface area contributed by atoms with E-state index in [1.54, 1.807) is 19.1 Å². The van der Waals surface area contributed by atoms with Crippen LogP contribution in [0.25, 0.3) is 5.57 Å². The molecule has 0 atom stereocenters. The Kier molecular flexibility index (Phi) is 3.25. The molecule has 0 saturated heterocycles. The Bertz CT molecular complexity index is 388. The first-order valence-electron chi connectivity index (χ1n) is 4.05. The second-order valence-electron chi connectivity index (χ2n) is 3.00. The molecule has 0 saturated carbocycles. The monoisotopic (exact) mass is 211 g/mol. The summed E-state index contributed by atoms with van der Waals surface area (Å²) in [5.41, 5.74) is 2.36. The fourth-order valence-electron chi connectivity index (χ4n) is 1.16. The van der Waals surface area contributed by atoms with Crippen molar-refractivity contribution in [2.45, 2.75) is 6.92 Å². The summed E-state index contributed by atoms with van der Waals surface area (Å²) >= 11 is 5.61. The third-order valence-corrected chi connectivity index (χ3v) is 2.29. The largest absolute Gasteiger partial charge is 0.272 e. The zero-order valence-electron chi connectivity index (χ0n) is 7.79. The van der Waals surface area contributed by atoms with Crippen molar-refractivity contribution in [2.24, 2.45) is 0 Å². The highest BCUT2D eigenvalue weighted by molar-refractivity contribution is 6.23. The summed E-state index contributed by atoms with van der Waals surface area (Å²) in [4.78, 5) is 10.1. The molecular formula is C10H10ClNO2. The highest BCUT2D eigenvalue weighted by atomic mass is 35.5. The number of aryl methyl sites for hydroxylation is 1. The Labute approximate surface area is 87.2 Å². The summed E-state index contributed by atoms with van der Waals surface area (Å²) in [6, 6.07) is 4.86. The summed E-state index contributed by atoms with van der Waals surface area (Å²) in [7, 11) is 0. The van der Waals surface area contributed by atoms with E-state index in [9.17, 15) is 10.1 Å². The summed E-state index contributed by atoms with van der Waals surface area (Å²) in [5.74, 6) is 0.331. The van der Waals surface area contributed by atoms with Crippen LogP contribution in [-0.4, -0.2) is 10.8 Å². The molecule has 0 heterocycles. The van der Waals surface area contributed by atoms with E-state index in [0.717, 1.165) is 11.1 Å². The van der Waals surface area contributed by atoms with Crippen LogP contribution in [0.15, 0.2) is 24.8 Å². The van der Waals surface area contributed by atoms with Gasteiger partial charge in [0.1, 0.15) is 0 Å². The van der Waals surface area contributed by atoms with Crippen molar-refractivity contribution in [3.63, 3.8) is 0 Å². The van der Waals surface area contributed by atoms with Gasteiger partial charge in [0.25, 0.3) is 5.69 Å². The van der Waals surface area contributed by atoms with E-state index in [1.807, 2.05) is 0 Å². The summed E-state index contributed by atoms with van der Waals surface area (Å²) < 4.78 is 0. The number of rotatable bonds is 3. The second-order valence-corrected chi connectivity index (χ2v) is 3.26. The Morgan fingerprint density at radius 1 is 1.64 bits per heavy atom. The Balaban J connectivity index is 3.12. The molecule has 0 aliphatic rings. The topological polar surface area (TPSA) is 43.1 Å². The molecule has 0 fully saturated rings. The van der Waals surface area contributed by atoms with Crippen molar-refractivity contribution in [3.8, 4) is 0 Å². The minimum Gasteiger partial charge on any atom is -0.258 e. The number of nitro benzene ring substituents is 1. The zero-order chi connectivity index (χ0) is 10.7. The van der Waals surface area contributed by atoms with Gasteiger partial charge in [-0.1, -0.05) is 6.58 Å². The predicted octanol–water partition coefficient (Wildman–Crippen LogP) is 3.16. The number of alkyl halides is 1. The van der Waals surface area contributed by atoms with Gasteiger partial charge in [-0.2, -0.15) is 0 Å². The van der Waals surface area contributed by atoms with E-state index < -0.39 is 4.92 Å². The van der Waals surface area contributed by atoms with Gasteiger partial charge in [0.2, 0.25) is 0 Å². The maximum atomic E-state index is 10.5. The molecule has 0 amide bonds. The standard InChI is InChI=1S/C10H10ClNO2/c1-7-5-9(8(2)6-11)3-4-10(7)12(13)14/h3-5H,2,6H2,1H3. The lowest BCUT2D eigenvalue weighted by atomic mass is 10.1. The number of benzene rings is 1. The quantitative estimate of drug-likeness (QED) is 0.438. The van der Waals surface area contributed by atoms with Gasteiger partial charge in [0.15, 0.2) is 0 Å². The summed E-state index contributed by atoms with van der Waals surface area (Å²) in [6.07, 6.45) is 0. The lowest BCUT2D eigenvalue weighted by molar-refractivity contribution is -0.385. The molecular weight excluding hydrogens is 202 g/mol. The normalized spacial score (nSPS) is 9.86. The summed E-state index contributed by atoms with van der Waals surface area (Å²) in [5, 5.41) is 10.5. The van der Waals surface area contributed by atoms with Crippen molar-refractivity contribution < 1.29 is 4.92 Å². The van der Waals surface area contributed by atoms with Crippen LogP contribution >= 0.6 is 11.6 Å². The molecule has 0 bridgehead atoms. The van der Waals surface area contributed by atoms with Gasteiger partial charge in [-0.05, 0) is 30.2 Å². The molecule has 0 N–H and O–H groups in total. The molecule has 14 heavy (non-hydrogen) atoms. The fourth-order valence-corrected chi connectivity index (χ4v) is 1.31. The molecule has 3 nitrogen and oxygen atoms in total. The van der Waals surface area contributed by atoms with Crippen molar-refractivity contribution in [1.82, 2.24) is 0 Å². The van der Waals surface area contributed by atoms with Gasteiger partial charge in [0, 0.05) is 17.5 Å². The Morgan fingerprint density at radius 2 is 2.29 bits per heavy atom. The van der Waals surface area contributed by atoms with Gasteiger partial charge in [-0.15, -0.1) is 11.6 Å². The second kappa shape index (κ2) is 4.24.